The predicted molar refractivity (Wildman–Crippen MR) is 82.2 cm³/mol. The molecule has 0 saturated carbocycles. The van der Waals surface area contributed by atoms with Crippen molar-refractivity contribution < 1.29 is 4.74 Å². The molecule has 1 heterocycles. The molecule has 2 atom stereocenters. The monoisotopic (exact) mass is 275 g/mol. The number of hydrogen-bond acceptors (Lipinski definition) is 4. The molecule has 0 aliphatic heterocycles. The van der Waals surface area contributed by atoms with E-state index >= 15 is 0 Å². The summed E-state index contributed by atoms with van der Waals surface area (Å²) in [5, 5.41) is 3.07. The summed E-state index contributed by atoms with van der Waals surface area (Å²) in [6.45, 7) is 7.19. The number of anilines is 1. The molecule has 0 saturated heterocycles. The van der Waals surface area contributed by atoms with Crippen molar-refractivity contribution in [2.75, 3.05) is 19.0 Å². The standard InChI is InChI=1S/C16H25N3O/c1-11(2)16-18-14(17-4)9-15(19-16)20-10-13-8-6-5-7-12(13)3/h5-6,9,11-13H,7-8,10H2,1-4H3,(H,17,18,19). The third-order valence-corrected chi connectivity index (χ3v) is 3.86. The lowest BCUT2D eigenvalue weighted by Crippen LogP contribution is -2.21. The van der Waals surface area contributed by atoms with Crippen LogP contribution in [0.5, 0.6) is 5.88 Å². The summed E-state index contributed by atoms with van der Waals surface area (Å²) in [5.41, 5.74) is 0. The van der Waals surface area contributed by atoms with Gasteiger partial charge in [-0.25, -0.2) is 4.98 Å². The number of allylic oxidation sites excluding steroid dienone is 2. The highest BCUT2D eigenvalue weighted by atomic mass is 16.5. The average molecular weight is 275 g/mol. The van der Waals surface area contributed by atoms with Gasteiger partial charge in [0, 0.05) is 19.0 Å². The van der Waals surface area contributed by atoms with Crippen LogP contribution in [0.1, 0.15) is 45.4 Å². The SMILES string of the molecule is CNc1cc(OCC2CC=CCC2C)nc(C(C)C)n1. The van der Waals surface area contributed by atoms with Gasteiger partial charge in [0.25, 0.3) is 0 Å². The molecule has 1 aromatic heterocycles. The van der Waals surface area contributed by atoms with Crippen molar-refractivity contribution in [3.05, 3.63) is 24.0 Å². The second-order valence-corrected chi connectivity index (χ2v) is 5.85. The Morgan fingerprint density at radius 1 is 1.30 bits per heavy atom. The van der Waals surface area contributed by atoms with Gasteiger partial charge in [-0.15, -0.1) is 0 Å². The van der Waals surface area contributed by atoms with Crippen LogP contribution in [0.3, 0.4) is 0 Å². The topological polar surface area (TPSA) is 47.0 Å². The summed E-state index contributed by atoms with van der Waals surface area (Å²) >= 11 is 0. The van der Waals surface area contributed by atoms with Crippen LogP contribution >= 0.6 is 0 Å². The Labute approximate surface area is 121 Å². The Kier molecular flexibility index (Phi) is 4.99. The highest BCUT2D eigenvalue weighted by Gasteiger charge is 2.19. The van der Waals surface area contributed by atoms with E-state index in [0.29, 0.717) is 23.6 Å². The Bertz CT molecular complexity index is 471. The molecule has 4 nitrogen and oxygen atoms in total. The summed E-state index contributed by atoms with van der Waals surface area (Å²) in [4.78, 5) is 8.95. The van der Waals surface area contributed by atoms with Crippen LogP contribution in [0.15, 0.2) is 18.2 Å². The van der Waals surface area contributed by atoms with E-state index in [2.05, 4.69) is 48.2 Å². The van der Waals surface area contributed by atoms with Gasteiger partial charge in [0.05, 0.1) is 6.61 Å². The molecule has 0 radical (unpaired) electrons. The zero-order valence-electron chi connectivity index (χ0n) is 12.9. The number of hydrogen-bond donors (Lipinski definition) is 1. The molecule has 2 unspecified atom stereocenters. The molecule has 0 aromatic carbocycles. The van der Waals surface area contributed by atoms with E-state index in [1.165, 1.54) is 0 Å². The zero-order chi connectivity index (χ0) is 14.5. The lowest BCUT2D eigenvalue weighted by atomic mass is 9.85. The highest BCUT2D eigenvalue weighted by molar-refractivity contribution is 5.38. The van der Waals surface area contributed by atoms with Crippen molar-refractivity contribution in [2.45, 2.75) is 39.5 Å². The maximum atomic E-state index is 5.92. The molecular weight excluding hydrogens is 250 g/mol. The Morgan fingerprint density at radius 3 is 2.70 bits per heavy atom. The smallest absolute Gasteiger partial charge is 0.218 e. The molecular formula is C16H25N3O. The zero-order valence-corrected chi connectivity index (χ0v) is 12.9. The van der Waals surface area contributed by atoms with Gasteiger partial charge < -0.3 is 10.1 Å². The maximum absolute atomic E-state index is 5.92. The van der Waals surface area contributed by atoms with Crippen LogP contribution in [-0.4, -0.2) is 23.6 Å². The maximum Gasteiger partial charge on any atom is 0.218 e. The van der Waals surface area contributed by atoms with Gasteiger partial charge in [-0.3, -0.25) is 0 Å². The molecule has 0 fully saturated rings. The Morgan fingerprint density at radius 2 is 2.05 bits per heavy atom. The van der Waals surface area contributed by atoms with Crippen molar-refractivity contribution in [3.63, 3.8) is 0 Å². The molecule has 1 aromatic rings. The van der Waals surface area contributed by atoms with Gasteiger partial charge in [-0.05, 0) is 24.7 Å². The fourth-order valence-corrected chi connectivity index (χ4v) is 2.33. The first-order valence-corrected chi connectivity index (χ1v) is 7.44. The number of ether oxygens (including phenoxy) is 1. The van der Waals surface area contributed by atoms with E-state index < -0.39 is 0 Å². The quantitative estimate of drug-likeness (QED) is 0.834. The molecule has 0 amide bonds. The predicted octanol–water partition coefficient (Wildman–Crippen LogP) is 3.62. The lowest BCUT2D eigenvalue weighted by Gasteiger charge is -2.25. The minimum Gasteiger partial charge on any atom is -0.477 e. The van der Waals surface area contributed by atoms with Gasteiger partial charge in [0.2, 0.25) is 5.88 Å². The van der Waals surface area contributed by atoms with E-state index in [1.807, 2.05) is 13.1 Å². The normalized spacial score (nSPS) is 22.1. The number of rotatable bonds is 5. The van der Waals surface area contributed by atoms with Crippen molar-refractivity contribution in [1.29, 1.82) is 0 Å². The molecule has 2 rings (SSSR count). The molecule has 1 N–H and O–H groups in total. The van der Waals surface area contributed by atoms with Gasteiger partial charge in [0.1, 0.15) is 11.6 Å². The van der Waals surface area contributed by atoms with Gasteiger partial charge in [-0.2, -0.15) is 4.98 Å². The van der Waals surface area contributed by atoms with Gasteiger partial charge in [0.15, 0.2) is 0 Å². The molecule has 20 heavy (non-hydrogen) atoms. The summed E-state index contributed by atoms with van der Waals surface area (Å²) in [5.74, 6) is 3.86. The Balaban J connectivity index is 2.04. The molecule has 110 valence electrons. The number of nitrogens with zero attached hydrogens (tertiary/aromatic N) is 2. The number of aromatic nitrogens is 2. The average Bonchev–Trinajstić information content (AvgIpc) is 2.46. The van der Waals surface area contributed by atoms with Crippen molar-refractivity contribution in [3.8, 4) is 5.88 Å². The third kappa shape index (κ3) is 3.71. The third-order valence-electron chi connectivity index (χ3n) is 3.86. The fourth-order valence-electron chi connectivity index (χ4n) is 2.33. The van der Waals surface area contributed by atoms with E-state index in [-0.39, 0.29) is 0 Å². The Hall–Kier alpha value is -1.58. The van der Waals surface area contributed by atoms with Crippen molar-refractivity contribution in [2.24, 2.45) is 11.8 Å². The summed E-state index contributed by atoms with van der Waals surface area (Å²) in [6.07, 6.45) is 6.77. The molecule has 1 aliphatic carbocycles. The van der Waals surface area contributed by atoms with Gasteiger partial charge in [-0.1, -0.05) is 32.9 Å². The van der Waals surface area contributed by atoms with E-state index in [0.717, 1.165) is 31.1 Å². The minimum absolute atomic E-state index is 0.294. The first kappa shape index (κ1) is 14.8. The summed E-state index contributed by atoms with van der Waals surface area (Å²) in [6, 6.07) is 1.87. The summed E-state index contributed by atoms with van der Waals surface area (Å²) in [7, 11) is 1.87. The first-order chi connectivity index (χ1) is 9.60. The van der Waals surface area contributed by atoms with Crippen LogP contribution in [-0.2, 0) is 0 Å². The molecule has 1 aliphatic rings. The fraction of sp³-hybridized carbons (Fsp3) is 0.625. The second kappa shape index (κ2) is 6.73. The van der Waals surface area contributed by atoms with Crippen molar-refractivity contribution in [1.82, 2.24) is 9.97 Å². The van der Waals surface area contributed by atoms with Crippen LogP contribution < -0.4 is 10.1 Å². The van der Waals surface area contributed by atoms with Gasteiger partial charge >= 0.3 is 0 Å². The van der Waals surface area contributed by atoms with Crippen molar-refractivity contribution >= 4 is 5.82 Å². The number of nitrogens with one attached hydrogen (secondary N) is 1. The van der Waals surface area contributed by atoms with E-state index in [1.54, 1.807) is 0 Å². The van der Waals surface area contributed by atoms with Crippen LogP contribution in [0.4, 0.5) is 5.82 Å². The first-order valence-electron chi connectivity index (χ1n) is 7.44. The van der Waals surface area contributed by atoms with E-state index in [4.69, 9.17) is 4.74 Å². The molecule has 4 heteroatoms. The molecule has 0 spiro atoms. The lowest BCUT2D eigenvalue weighted by molar-refractivity contribution is 0.192. The second-order valence-electron chi connectivity index (χ2n) is 5.85. The van der Waals surface area contributed by atoms with Crippen LogP contribution in [0.25, 0.3) is 0 Å². The molecule has 0 bridgehead atoms. The minimum atomic E-state index is 0.294. The highest BCUT2D eigenvalue weighted by Crippen LogP contribution is 2.26. The largest absolute Gasteiger partial charge is 0.477 e. The van der Waals surface area contributed by atoms with Crippen LogP contribution in [0.2, 0.25) is 0 Å². The van der Waals surface area contributed by atoms with E-state index in [9.17, 15) is 0 Å². The summed E-state index contributed by atoms with van der Waals surface area (Å²) < 4.78 is 5.92. The van der Waals surface area contributed by atoms with Crippen LogP contribution in [0, 0.1) is 11.8 Å².